The molecule has 0 radical (unpaired) electrons. The number of amides is 15. The van der Waals surface area contributed by atoms with Crippen molar-refractivity contribution in [1.29, 1.82) is 5.41 Å². The van der Waals surface area contributed by atoms with Crippen LogP contribution in [0.25, 0.3) is 21.8 Å². The van der Waals surface area contributed by atoms with Crippen molar-refractivity contribution in [2.75, 3.05) is 44.3 Å². The number of guanidine groups is 1. The quantitative estimate of drug-likeness (QED) is 0.00925. The number of carbonyl (C=O) groups is 18. The molecule has 11 rings (SSSR count). The van der Waals surface area contributed by atoms with E-state index in [4.69, 9.17) is 16.9 Å². The molecule has 0 spiro atoms. The van der Waals surface area contributed by atoms with E-state index in [1.165, 1.54) is 60.7 Å². The van der Waals surface area contributed by atoms with Gasteiger partial charge in [0.2, 0.25) is 88.6 Å². The number of aromatic amines is 2. The molecular weight excluding hydrogens is 1980 g/mol. The van der Waals surface area contributed by atoms with Crippen LogP contribution in [-0.4, -0.2) is 314 Å². The minimum atomic E-state index is -2.03. The maximum absolute atomic E-state index is 15.5. The Balaban J connectivity index is 0.761. The summed E-state index contributed by atoms with van der Waals surface area (Å²) in [5.41, 5.74) is 16.3. The van der Waals surface area contributed by atoms with Crippen LogP contribution in [0.15, 0.2) is 164 Å². The molecule has 5 heterocycles. The number of aliphatic hydroxyl groups excluding tert-OH is 1. The number of nitrogens with two attached hydrogens (primary N) is 2. The van der Waals surface area contributed by atoms with E-state index in [-0.39, 0.29) is 146 Å². The van der Waals surface area contributed by atoms with Gasteiger partial charge in [-0.2, -0.15) is 25.3 Å². The fourth-order valence-corrected chi connectivity index (χ4v) is 18.7. The number of nitrogens with zero attached hydrogens (tertiary/aromatic N) is 3. The number of carboxylic acid groups (broad SMARTS) is 3. The molecule has 16 atom stereocenters. The third kappa shape index (κ3) is 32.3. The molecule has 15 amide bonds. The van der Waals surface area contributed by atoms with Crippen LogP contribution < -0.4 is 80.6 Å². The van der Waals surface area contributed by atoms with Gasteiger partial charge >= 0.3 is 17.9 Å². The minimum absolute atomic E-state index is 0.00632. The number of phenolic OH excluding ortho intramolecular Hbond substituents is 3. The highest BCUT2D eigenvalue weighted by molar-refractivity contribution is 7.80. The molecule has 0 bridgehead atoms. The third-order valence-corrected chi connectivity index (χ3v) is 26.7. The molecule has 802 valence electrons. The van der Waals surface area contributed by atoms with Gasteiger partial charge < -0.3 is 141 Å². The first kappa shape index (κ1) is 114. The second-order valence-electron chi connectivity index (χ2n) is 37.5. The Kier molecular flexibility index (Phi) is 41.8. The number of hydrogen-bond donors (Lipinski definition) is 27. The number of benzene rings is 6. The number of carboxylic acids is 3. The first-order chi connectivity index (χ1) is 71.6. The lowest BCUT2D eigenvalue weighted by atomic mass is 10.0. The van der Waals surface area contributed by atoms with E-state index in [0.29, 0.717) is 55.2 Å². The van der Waals surface area contributed by atoms with Gasteiger partial charge in [-0.05, 0) is 152 Å². The average Bonchev–Trinajstić information content (AvgIpc) is 1.64. The molecule has 48 heteroatoms. The maximum Gasteiger partial charge on any atom is 0.326 e. The van der Waals surface area contributed by atoms with Crippen LogP contribution in [0.3, 0.4) is 0 Å². The number of phenols is 3. The van der Waals surface area contributed by atoms with Crippen molar-refractivity contribution in [2.24, 2.45) is 17.4 Å². The predicted octanol–water partition coefficient (Wildman–Crippen LogP) is -1.16. The van der Waals surface area contributed by atoms with Gasteiger partial charge in [0.05, 0.1) is 25.5 Å². The van der Waals surface area contributed by atoms with Crippen LogP contribution in [0.1, 0.15) is 118 Å². The van der Waals surface area contributed by atoms with Gasteiger partial charge in [-0.3, -0.25) is 86.9 Å². The Morgan fingerprint density at radius 2 is 0.720 bits per heavy atom. The maximum atomic E-state index is 15.5. The SMILES string of the molecule is CC(C)C[C@H](NC(=O)[C@@H]1CCCN1C(=O)[C@H](CS)NC(=O)[C@H](CC(=O)O)NC(=O)[C@@H]1CCCN1C(=O)[C@H](CCCNC(=N)N)NC(=O)[C@H](CC(=O)O)NC(=O)[C@@H]1CCCN1C(=O)[C@H](Cc1ccccc1)NC(=O)[C@H](Cc1c[nH]c2ccccc12)NC(=O)[C@H](CO)NC(=O)[C@H](CS)NC(=O)[C@H](Cc1ccc(O)cc1)NC(=O)[C@H](Cc1c[nH]c2ccccc12)NC(=O)[C@@H](N)Cc1ccc(O)cc1)C(=O)N[C@@H](Cc1ccc(O)cc1)C(=O)O. The van der Waals surface area contributed by atoms with Gasteiger partial charge in [0.1, 0.15) is 108 Å². The third-order valence-electron chi connectivity index (χ3n) is 26.0. The van der Waals surface area contributed by atoms with Crippen molar-refractivity contribution < 1.29 is 122 Å². The van der Waals surface area contributed by atoms with Crippen LogP contribution in [0.2, 0.25) is 0 Å². The van der Waals surface area contributed by atoms with Gasteiger partial charge in [0.25, 0.3) is 0 Å². The number of nitrogens with one attached hydrogen (secondary N) is 16. The second-order valence-corrected chi connectivity index (χ2v) is 38.3. The summed E-state index contributed by atoms with van der Waals surface area (Å²) in [6.45, 7) is 1.89. The van der Waals surface area contributed by atoms with E-state index >= 15 is 14.4 Å². The lowest BCUT2D eigenvalue weighted by molar-refractivity contribution is -0.146. The number of H-pyrrole nitrogens is 2. The standard InChI is InChI=1S/C102H127N21O25S2/c1-54(2)40-70(87(133)117-77(101(147)148)44-58-28-34-63(127)35-29-58)113-95(141)83-23-13-39-123(83)100(146)80(53-150)120-92(138)75(48-85(130)131)115-96(142)81-21-11-37-121(81)98(144)69(20-10-36-106-102(104)105)109-91(137)74(47-84(128)129)114-97(143)82-22-12-38-122(82)99(145)76(43-55-14-4-3-5-15-55)116-90(136)73(46-60-50-108-68-19-9-7-17-65(60)68)112-93(139)78(51-124)118-94(140)79(52-149)119-88(134)71(42-57-26-32-62(126)33-27-57)111-89(135)72(45-59-49-107-67-18-8-6-16-64(59)67)110-86(132)66(103)41-56-24-30-61(125)31-25-56/h3-9,14-19,24-35,49-50,54,66,69-83,107-108,124-127,149-150H,10-13,20-23,36-48,51-53,103H2,1-2H3,(H,109,137)(H,110,132)(H,111,135)(H,112,139)(H,113,141)(H,114,143)(H,115,142)(H,116,136)(H,117,133)(H,118,140)(H,119,134)(H,120,138)(H,128,129)(H,130,131)(H,147,148)(H4,104,105,106)/t66-,69-,70-,71-,72-,73-,74-,75-,76-,77-,78-,79-,80-,81-,82-,83-/m0/s1. The molecule has 6 aromatic carbocycles. The molecule has 3 saturated heterocycles. The van der Waals surface area contributed by atoms with E-state index in [1.807, 2.05) is 0 Å². The summed E-state index contributed by atoms with van der Waals surface area (Å²) in [7, 11) is 0. The minimum Gasteiger partial charge on any atom is -0.508 e. The molecule has 2 aromatic heterocycles. The monoisotopic (exact) mass is 2110 g/mol. The topological polar surface area (TPSA) is 722 Å². The second kappa shape index (κ2) is 54.7. The Morgan fingerprint density at radius 3 is 1.15 bits per heavy atom. The van der Waals surface area contributed by atoms with Crippen LogP contribution in [-0.2, 0) is 125 Å². The first-order valence-corrected chi connectivity index (χ1v) is 50.3. The molecule has 46 nitrogen and oxygen atoms in total. The summed E-state index contributed by atoms with van der Waals surface area (Å²) in [5.74, 6) is -21.4. The van der Waals surface area contributed by atoms with E-state index in [1.54, 1.807) is 117 Å². The van der Waals surface area contributed by atoms with Crippen molar-refractivity contribution in [3.63, 3.8) is 0 Å². The Hall–Kier alpha value is -15.9. The Bertz CT molecular complexity index is 6180. The van der Waals surface area contributed by atoms with Crippen LogP contribution in [0, 0.1) is 11.3 Å². The Labute approximate surface area is 872 Å². The van der Waals surface area contributed by atoms with Gasteiger partial charge in [-0.1, -0.05) is 117 Å². The van der Waals surface area contributed by atoms with E-state index in [9.17, 15) is 108 Å². The smallest absolute Gasteiger partial charge is 0.326 e. The van der Waals surface area contributed by atoms with Gasteiger partial charge in [-0.25, -0.2) is 4.79 Å². The number of fused-ring (bicyclic) bond motifs is 2. The normalized spacial score (nSPS) is 16.9. The number of likely N-dealkylation sites (tertiary alicyclic amines) is 3. The van der Waals surface area contributed by atoms with Crippen molar-refractivity contribution >= 4 is 160 Å². The first-order valence-electron chi connectivity index (χ1n) is 49.0. The summed E-state index contributed by atoms with van der Waals surface area (Å²) < 4.78 is 0. The summed E-state index contributed by atoms with van der Waals surface area (Å²) in [6, 6.07) is 14.3. The highest BCUT2D eigenvalue weighted by atomic mass is 32.1. The molecule has 0 saturated carbocycles. The summed E-state index contributed by atoms with van der Waals surface area (Å²) in [4.78, 5) is 268. The van der Waals surface area contributed by atoms with Crippen molar-refractivity contribution in [2.45, 2.75) is 220 Å². The van der Waals surface area contributed by atoms with Crippen molar-refractivity contribution in [3.8, 4) is 17.2 Å². The molecule has 27 N–H and O–H groups in total. The zero-order chi connectivity index (χ0) is 109. The number of thiol groups is 2. The summed E-state index contributed by atoms with van der Waals surface area (Å²) in [6.07, 6.45) is -0.239. The van der Waals surface area contributed by atoms with E-state index in [2.05, 4.69) is 104 Å². The number of hydrogen-bond acceptors (Lipinski definition) is 26. The largest absolute Gasteiger partial charge is 0.508 e. The zero-order valence-electron chi connectivity index (χ0n) is 82.2. The fourth-order valence-electron chi connectivity index (χ4n) is 18.2. The molecule has 3 aliphatic heterocycles. The number of aromatic hydroxyl groups is 3. The highest BCUT2D eigenvalue weighted by Crippen LogP contribution is 2.29. The lowest BCUT2D eigenvalue weighted by Gasteiger charge is -2.32. The molecule has 0 unspecified atom stereocenters. The van der Waals surface area contributed by atoms with Crippen molar-refractivity contribution in [1.82, 2.24) is 93.8 Å². The molecule has 150 heavy (non-hydrogen) atoms. The number of aliphatic carboxylic acids is 3. The number of carbonyl (C=O) groups excluding carboxylic acids is 15. The summed E-state index contributed by atoms with van der Waals surface area (Å²) in [5, 5.41) is 114. The molecule has 3 aliphatic rings. The van der Waals surface area contributed by atoms with E-state index in [0.717, 1.165) is 14.7 Å². The Morgan fingerprint density at radius 1 is 0.387 bits per heavy atom. The van der Waals surface area contributed by atoms with E-state index < -0.39 is 240 Å². The summed E-state index contributed by atoms with van der Waals surface area (Å²) >= 11 is 8.68. The molecule has 8 aromatic rings. The number of aliphatic hydroxyl groups is 1. The predicted molar refractivity (Wildman–Crippen MR) is 550 cm³/mol. The van der Waals surface area contributed by atoms with Crippen LogP contribution in [0.4, 0.5) is 0 Å². The molecule has 0 aliphatic carbocycles. The lowest BCUT2D eigenvalue weighted by Crippen LogP contribution is -2.62. The van der Waals surface area contributed by atoms with Crippen LogP contribution in [0.5, 0.6) is 17.2 Å². The number of para-hydroxylation sites is 2. The number of rotatable bonds is 53. The number of aromatic nitrogens is 2. The molecular formula is C102H127N21O25S2. The average molecular weight is 2110 g/mol. The molecule has 3 fully saturated rings. The zero-order valence-corrected chi connectivity index (χ0v) is 84.0. The van der Waals surface area contributed by atoms with Gasteiger partial charge in [-0.15, -0.1) is 0 Å². The van der Waals surface area contributed by atoms with Crippen LogP contribution >= 0.6 is 25.3 Å². The highest BCUT2D eigenvalue weighted by Gasteiger charge is 2.46. The van der Waals surface area contributed by atoms with Crippen molar-refractivity contribution in [3.05, 3.63) is 197 Å². The fraction of sp³-hybridized carbons (Fsp3) is 0.422. The van der Waals surface area contributed by atoms with Gasteiger partial charge in [0, 0.05) is 104 Å². The van der Waals surface area contributed by atoms with Gasteiger partial charge in [0.15, 0.2) is 5.96 Å².